The molecule has 0 amide bonds. The highest BCUT2D eigenvalue weighted by atomic mass is 35.5. The van der Waals surface area contributed by atoms with Crippen LogP contribution in [-0.2, 0) is 11.3 Å². The Hall–Kier alpha value is -1.50. The highest BCUT2D eigenvalue weighted by Gasteiger charge is 2.19. The first-order valence-corrected chi connectivity index (χ1v) is 6.39. The Kier molecular flexibility index (Phi) is 4.14. The molecule has 1 heterocycles. The summed E-state index contributed by atoms with van der Waals surface area (Å²) in [5.41, 5.74) is 0.455. The molecule has 2 rings (SSSR count). The van der Waals surface area contributed by atoms with Gasteiger partial charge in [0.15, 0.2) is 0 Å². The summed E-state index contributed by atoms with van der Waals surface area (Å²) < 4.78 is 18.6. The normalized spacial score (nSPS) is 10.7. The van der Waals surface area contributed by atoms with E-state index in [4.69, 9.17) is 21.4 Å². The number of carboxylic acid groups (broad SMARTS) is 1. The van der Waals surface area contributed by atoms with Gasteiger partial charge in [0, 0.05) is 17.7 Å². The van der Waals surface area contributed by atoms with Gasteiger partial charge in [-0.15, -0.1) is 11.3 Å². The van der Waals surface area contributed by atoms with E-state index in [9.17, 15) is 9.18 Å². The molecule has 0 atom stereocenters. The molecular weight excluding hydrogens is 293 g/mol. The van der Waals surface area contributed by atoms with Gasteiger partial charge in [-0.05, 0) is 18.2 Å². The average molecular weight is 302 g/mol. The topological polar surface area (TPSA) is 59.4 Å². The van der Waals surface area contributed by atoms with Crippen LogP contribution in [0.3, 0.4) is 0 Å². The molecule has 4 nitrogen and oxygen atoms in total. The smallest absolute Gasteiger partial charge is 0.347 e. The minimum atomic E-state index is -1.11. The van der Waals surface area contributed by atoms with Gasteiger partial charge in [0.05, 0.1) is 12.3 Å². The monoisotopic (exact) mass is 301 g/mol. The molecule has 0 unspecified atom stereocenters. The zero-order valence-electron chi connectivity index (χ0n) is 9.81. The molecule has 0 fully saturated rings. The van der Waals surface area contributed by atoms with Crippen LogP contribution in [0.25, 0.3) is 10.6 Å². The summed E-state index contributed by atoms with van der Waals surface area (Å²) in [5, 5.41) is 9.70. The lowest BCUT2D eigenvalue weighted by Crippen LogP contribution is -1.99. The number of rotatable bonds is 4. The minimum absolute atomic E-state index is 0.0382. The molecule has 0 aliphatic carbocycles. The van der Waals surface area contributed by atoms with E-state index in [0.29, 0.717) is 5.02 Å². The van der Waals surface area contributed by atoms with E-state index in [1.807, 2.05) is 0 Å². The lowest BCUT2D eigenvalue weighted by Gasteiger charge is -1.99. The maximum Gasteiger partial charge on any atom is 0.347 e. The Balaban J connectivity index is 2.53. The fourth-order valence-corrected chi connectivity index (χ4v) is 2.63. The summed E-state index contributed by atoms with van der Waals surface area (Å²) in [5.74, 6) is -1.61. The van der Waals surface area contributed by atoms with Crippen molar-refractivity contribution in [2.45, 2.75) is 6.61 Å². The Morgan fingerprint density at radius 1 is 1.58 bits per heavy atom. The number of aromatic nitrogens is 1. The van der Waals surface area contributed by atoms with E-state index in [-0.39, 0.29) is 27.7 Å². The number of aromatic carboxylic acids is 1. The zero-order chi connectivity index (χ0) is 14.0. The van der Waals surface area contributed by atoms with E-state index in [1.165, 1.54) is 25.3 Å². The number of carboxylic acids is 1. The van der Waals surface area contributed by atoms with Crippen molar-refractivity contribution >= 4 is 28.9 Å². The Morgan fingerprint density at radius 2 is 2.32 bits per heavy atom. The van der Waals surface area contributed by atoms with Gasteiger partial charge in [-0.3, -0.25) is 0 Å². The fourth-order valence-electron chi connectivity index (χ4n) is 1.53. The highest BCUT2D eigenvalue weighted by molar-refractivity contribution is 7.17. The average Bonchev–Trinajstić information content (AvgIpc) is 2.77. The van der Waals surface area contributed by atoms with Crippen LogP contribution in [0.2, 0.25) is 5.02 Å². The molecule has 0 radical (unpaired) electrons. The molecule has 0 saturated carbocycles. The second-order valence-electron chi connectivity index (χ2n) is 3.66. The van der Waals surface area contributed by atoms with E-state index in [0.717, 1.165) is 11.3 Å². The molecule has 0 aliphatic rings. The predicted molar refractivity (Wildman–Crippen MR) is 70.2 cm³/mol. The maximum absolute atomic E-state index is 13.7. The van der Waals surface area contributed by atoms with Crippen LogP contribution < -0.4 is 0 Å². The Morgan fingerprint density at radius 3 is 2.95 bits per heavy atom. The van der Waals surface area contributed by atoms with Gasteiger partial charge < -0.3 is 9.84 Å². The molecule has 0 saturated heterocycles. The number of hydrogen-bond acceptors (Lipinski definition) is 4. The van der Waals surface area contributed by atoms with Gasteiger partial charge in [0.2, 0.25) is 0 Å². The third-order valence-electron chi connectivity index (χ3n) is 2.33. The number of hydrogen-bond donors (Lipinski definition) is 1. The third kappa shape index (κ3) is 2.91. The van der Waals surface area contributed by atoms with Crippen molar-refractivity contribution in [3.63, 3.8) is 0 Å². The number of ether oxygens (including phenoxy) is 1. The molecular formula is C12H9ClFNO3S. The molecule has 0 bridgehead atoms. The number of nitrogens with zero attached hydrogens (tertiary/aromatic N) is 1. The van der Waals surface area contributed by atoms with E-state index >= 15 is 0 Å². The number of benzene rings is 1. The first-order chi connectivity index (χ1) is 9.02. The molecule has 19 heavy (non-hydrogen) atoms. The largest absolute Gasteiger partial charge is 0.477 e. The second-order valence-corrected chi connectivity index (χ2v) is 5.09. The van der Waals surface area contributed by atoms with Crippen LogP contribution in [-0.4, -0.2) is 23.2 Å². The van der Waals surface area contributed by atoms with Crippen molar-refractivity contribution in [3.05, 3.63) is 39.6 Å². The molecule has 2 aromatic rings. The van der Waals surface area contributed by atoms with Crippen molar-refractivity contribution in [2.75, 3.05) is 7.11 Å². The summed E-state index contributed by atoms with van der Waals surface area (Å²) in [7, 11) is 1.44. The number of halogens is 2. The molecule has 0 spiro atoms. The summed E-state index contributed by atoms with van der Waals surface area (Å²) in [6.45, 7) is 0.0559. The quantitative estimate of drug-likeness (QED) is 0.939. The first kappa shape index (κ1) is 13.9. The Labute approximate surface area is 117 Å². The third-order valence-corrected chi connectivity index (χ3v) is 3.69. The van der Waals surface area contributed by atoms with Crippen molar-refractivity contribution in [1.29, 1.82) is 0 Å². The van der Waals surface area contributed by atoms with E-state index in [2.05, 4.69) is 4.98 Å². The molecule has 1 N–H and O–H groups in total. The minimum Gasteiger partial charge on any atom is -0.477 e. The maximum atomic E-state index is 13.7. The SMILES string of the molecule is COCc1nc(-c2cc(Cl)ccc2F)sc1C(=O)O. The van der Waals surface area contributed by atoms with Gasteiger partial charge in [-0.25, -0.2) is 14.2 Å². The van der Waals surface area contributed by atoms with Gasteiger partial charge in [-0.2, -0.15) is 0 Å². The lowest BCUT2D eigenvalue weighted by molar-refractivity contribution is 0.0697. The van der Waals surface area contributed by atoms with Gasteiger partial charge >= 0.3 is 5.97 Å². The van der Waals surface area contributed by atoms with Crippen molar-refractivity contribution in [1.82, 2.24) is 4.98 Å². The number of carbonyl (C=O) groups is 1. The van der Waals surface area contributed by atoms with E-state index < -0.39 is 11.8 Å². The van der Waals surface area contributed by atoms with Crippen LogP contribution in [0, 0.1) is 5.82 Å². The lowest BCUT2D eigenvalue weighted by atomic mass is 10.2. The van der Waals surface area contributed by atoms with Gasteiger partial charge in [-0.1, -0.05) is 11.6 Å². The van der Waals surface area contributed by atoms with Crippen LogP contribution in [0.5, 0.6) is 0 Å². The molecule has 1 aromatic carbocycles. The zero-order valence-corrected chi connectivity index (χ0v) is 11.4. The van der Waals surface area contributed by atoms with Gasteiger partial charge in [0.1, 0.15) is 15.7 Å². The van der Waals surface area contributed by atoms with Crippen molar-refractivity contribution in [2.24, 2.45) is 0 Å². The van der Waals surface area contributed by atoms with E-state index in [1.54, 1.807) is 0 Å². The number of methoxy groups -OCH3 is 1. The van der Waals surface area contributed by atoms with Crippen LogP contribution >= 0.6 is 22.9 Å². The highest BCUT2D eigenvalue weighted by Crippen LogP contribution is 2.32. The van der Waals surface area contributed by atoms with Crippen molar-refractivity contribution in [3.8, 4) is 10.6 Å². The predicted octanol–water partition coefficient (Wildman–Crippen LogP) is 3.45. The molecule has 1 aromatic heterocycles. The fraction of sp³-hybridized carbons (Fsp3) is 0.167. The molecule has 7 heteroatoms. The van der Waals surface area contributed by atoms with Crippen LogP contribution in [0.15, 0.2) is 18.2 Å². The standard InChI is InChI=1S/C12H9ClFNO3S/c1-18-5-9-10(12(16)17)19-11(15-9)7-4-6(13)2-3-8(7)14/h2-4H,5H2,1H3,(H,16,17). The second kappa shape index (κ2) is 5.64. The van der Waals surface area contributed by atoms with Crippen LogP contribution in [0.4, 0.5) is 4.39 Å². The summed E-state index contributed by atoms with van der Waals surface area (Å²) in [6, 6.07) is 4.05. The Bertz CT molecular complexity index is 629. The number of thiazole rings is 1. The van der Waals surface area contributed by atoms with Crippen LogP contribution in [0.1, 0.15) is 15.4 Å². The summed E-state index contributed by atoms with van der Waals surface area (Å²) >= 11 is 6.70. The summed E-state index contributed by atoms with van der Waals surface area (Å²) in [6.07, 6.45) is 0. The molecule has 0 aliphatic heterocycles. The van der Waals surface area contributed by atoms with Gasteiger partial charge in [0.25, 0.3) is 0 Å². The molecule has 100 valence electrons. The first-order valence-electron chi connectivity index (χ1n) is 5.20. The summed E-state index contributed by atoms with van der Waals surface area (Å²) in [4.78, 5) is 15.2. The van der Waals surface area contributed by atoms with Crippen molar-refractivity contribution < 1.29 is 19.0 Å².